The van der Waals surface area contributed by atoms with Gasteiger partial charge in [-0.2, -0.15) is 10.2 Å². The molecular weight excluding hydrogens is 242 g/mol. The molecule has 0 unspecified atom stereocenters. The van der Waals surface area contributed by atoms with Crippen molar-refractivity contribution in [2.24, 2.45) is 0 Å². The first-order valence-electron chi connectivity index (χ1n) is 5.62. The lowest BCUT2D eigenvalue weighted by atomic mass is 10.2. The summed E-state index contributed by atoms with van der Waals surface area (Å²) in [6, 6.07) is 7.46. The minimum Gasteiger partial charge on any atom is -0.356 e. The third-order valence-corrected chi connectivity index (χ3v) is 2.61. The summed E-state index contributed by atoms with van der Waals surface area (Å²) in [7, 11) is 0. The van der Waals surface area contributed by atoms with Crippen molar-refractivity contribution in [2.75, 3.05) is 0 Å². The summed E-state index contributed by atoms with van der Waals surface area (Å²) in [6.45, 7) is 1.97. The second-order valence-electron chi connectivity index (χ2n) is 4.06. The van der Waals surface area contributed by atoms with Gasteiger partial charge in [0.1, 0.15) is 17.5 Å². The van der Waals surface area contributed by atoms with Crippen molar-refractivity contribution in [3.05, 3.63) is 41.7 Å². The number of aryl methyl sites for hydroxylation is 1. The summed E-state index contributed by atoms with van der Waals surface area (Å²) in [5.74, 6) is 0.756. The third kappa shape index (κ3) is 2.09. The van der Waals surface area contributed by atoms with Crippen molar-refractivity contribution in [2.45, 2.75) is 6.92 Å². The molecule has 92 valence electrons. The van der Waals surface area contributed by atoms with Gasteiger partial charge in [-0.3, -0.25) is 4.98 Å². The van der Waals surface area contributed by atoms with Gasteiger partial charge in [-0.25, -0.2) is 0 Å². The monoisotopic (exact) mass is 251 g/mol. The van der Waals surface area contributed by atoms with Gasteiger partial charge in [-0.05, 0) is 30.7 Å². The van der Waals surface area contributed by atoms with E-state index in [0.717, 1.165) is 5.56 Å². The summed E-state index contributed by atoms with van der Waals surface area (Å²) < 4.78 is 5.16. The summed E-state index contributed by atoms with van der Waals surface area (Å²) in [5, 5.41) is 12.7. The zero-order valence-electron chi connectivity index (χ0n) is 10.1. The fraction of sp³-hybridized carbons (Fsp3) is 0.0769. The fourth-order valence-corrected chi connectivity index (χ4v) is 1.68. The van der Waals surface area contributed by atoms with Gasteiger partial charge >= 0.3 is 0 Å². The molecule has 3 aromatic heterocycles. The minimum absolute atomic E-state index is 0.333. The summed E-state index contributed by atoms with van der Waals surface area (Å²) in [6.07, 6.45) is 3.28. The van der Waals surface area contributed by atoms with Crippen molar-refractivity contribution in [3.8, 4) is 29.2 Å². The van der Waals surface area contributed by atoms with Crippen molar-refractivity contribution in [1.29, 1.82) is 5.26 Å². The van der Waals surface area contributed by atoms with Crippen LogP contribution >= 0.6 is 0 Å². The van der Waals surface area contributed by atoms with Gasteiger partial charge in [-0.1, -0.05) is 5.16 Å². The first kappa shape index (κ1) is 11.2. The topological polar surface area (TPSA) is 91.4 Å². The maximum atomic E-state index is 8.76. The van der Waals surface area contributed by atoms with Gasteiger partial charge in [0.15, 0.2) is 0 Å². The molecule has 6 nitrogen and oxygen atoms in total. The van der Waals surface area contributed by atoms with Crippen LogP contribution in [-0.2, 0) is 0 Å². The average Bonchev–Trinajstić information content (AvgIpc) is 3.07. The quantitative estimate of drug-likeness (QED) is 0.754. The van der Waals surface area contributed by atoms with Crippen LogP contribution in [0.4, 0.5) is 0 Å². The second-order valence-corrected chi connectivity index (χ2v) is 4.06. The molecule has 6 heteroatoms. The molecule has 0 saturated heterocycles. The Morgan fingerprint density at radius 2 is 2.26 bits per heavy atom. The largest absolute Gasteiger partial charge is 0.356 e. The van der Waals surface area contributed by atoms with Crippen LogP contribution in [0.1, 0.15) is 11.1 Å². The maximum Gasteiger partial charge on any atom is 0.274 e. The molecule has 0 amide bonds. The molecule has 0 fully saturated rings. The van der Waals surface area contributed by atoms with E-state index in [0.29, 0.717) is 28.7 Å². The molecular formula is C13H9N5O. The van der Waals surface area contributed by atoms with Crippen LogP contribution in [0, 0.1) is 18.3 Å². The number of rotatable bonds is 2. The second kappa shape index (κ2) is 4.38. The highest BCUT2D eigenvalue weighted by atomic mass is 16.5. The molecule has 0 atom stereocenters. The maximum absolute atomic E-state index is 8.76. The number of H-pyrrole nitrogens is 1. The molecule has 0 aromatic carbocycles. The van der Waals surface area contributed by atoms with Crippen molar-refractivity contribution in [3.63, 3.8) is 0 Å². The molecule has 3 heterocycles. The number of pyridine rings is 1. The number of nitriles is 1. The molecule has 19 heavy (non-hydrogen) atoms. The molecule has 0 aliphatic rings. The third-order valence-electron chi connectivity index (χ3n) is 2.61. The van der Waals surface area contributed by atoms with Gasteiger partial charge in [0.25, 0.3) is 5.89 Å². The van der Waals surface area contributed by atoms with Gasteiger partial charge in [0.2, 0.25) is 5.82 Å². The Morgan fingerprint density at radius 3 is 3.00 bits per heavy atom. The van der Waals surface area contributed by atoms with Gasteiger partial charge in [-0.15, -0.1) is 0 Å². The molecule has 3 rings (SSSR count). The minimum atomic E-state index is 0.333. The summed E-state index contributed by atoms with van der Waals surface area (Å²) in [5.41, 5.74) is 2.86. The van der Waals surface area contributed by atoms with Crippen LogP contribution in [0.25, 0.3) is 23.1 Å². The number of aromatic amines is 1. The van der Waals surface area contributed by atoms with E-state index in [1.54, 1.807) is 18.5 Å². The molecule has 0 bridgehead atoms. The van der Waals surface area contributed by atoms with Crippen molar-refractivity contribution in [1.82, 2.24) is 20.1 Å². The molecule has 0 aliphatic carbocycles. The van der Waals surface area contributed by atoms with Crippen LogP contribution in [0.15, 0.2) is 35.1 Å². The number of nitrogens with zero attached hydrogens (tertiary/aromatic N) is 4. The highest BCUT2D eigenvalue weighted by molar-refractivity contribution is 5.56. The molecule has 0 aliphatic heterocycles. The first-order valence-corrected chi connectivity index (χ1v) is 5.62. The van der Waals surface area contributed by atoms with E-state index in [1.165, 1.54) is 0 Å². The lowest BCUT2D eigenvalue weighted by molar-refractivity contribution is 0.431. The van der Waals surface area contributed by atoms with E-state index >= 15 is 0 Å². The van der Waals surface area contributed by atoms with E-state index in [1.807, 2.05) is 25.1 Å². The van der Waals surface area contributed by atoms with E-state index in [2.05, 4.69) is 20.1 Å². The Morgan fingerprint density at radius 1 is 1.37 bits per heavy atom. The van der Waals surface area contributed by atoms with Crippen molar-refractivity contribution < 1.29 is 4.52 Å². The number of hydrogen-bond acceptors (Lipinski definition) is 5. The van der Waals surface area contributed by atoms with Crippen LogP contribution in [0.5, 0.6) is 0 Å². The SMILES string of the molecule is Cc1ccnc(-c2noc(-c3cc(C#N)c[nH]3)n2)c1. The van der Waals surface area contributed by atoms with Crippen LogP contribution in [-0.4, -0.2) is 20.1 Å². The van der Waals surface area contributed by atoms with Gasteiger partial charge in [0.05, 0.1) is 5.56 Å². The zero-order chi connectivity index (χ0) is 13.2. The van der Waals surface area contributed by atoms with Gasteiger partial charge in [0, 0.05) is 12.4 Å². The first-order chi connectivity index (χ1) is 9.26. The lowest BCUT2D eigenvalue weighted by Crippen LogP contribution is -1.86. The van der Waals surface area contributed by atoms with Gasteiger partial charge < -0.3 is 9.51 Å². The standard InChI is InChI=1S/C13H9N5O/c1-8-2-3-15-10(4-8)12-17-13(19-18-12)11-5-9(6-14)7-16-11/h2-5,7,16H,1H3. The number of nitrogens with one attached hydrogen (secondary N) is 1. The Balaban J connectivity index is 1.97. The summed E-state index contributed by atoms with van der Waals surface area (Å²) >= 11 is 0. The van der Waals surface area contributed by atoms with Crippen molar-refractivity contribution >= 4 is 0 Å². The van der Waals surface area contributed by atoms with E-state index in [9.17, 15) is 0 Å². The fourth-order valence-electron chi connectivity index (χ4n) is 1.68. The predicted molar refractivity (Wildman–Crippen MR) is 66.8 cm³/mol. The summed E-state index contributed by atoms with van der Waals surface area (Å²) in [4.78, 5) is 11.4. The Bertz CT molecular complexity index is 765. The molecule has 0 radical (unpaired) electrons. The van der Waals surface area contributed by atoms with Crippen LogP contribution < -0.4 is 0 Å². The Kier molecular flexibility index (Phi) is 2.58. The number of aromatic nitrogens is 4. The molecule has 3 aromatic rings. The van der Waals surface area contributed by atoms with Crippen LogP contribution in [0.3, 0.4) is 0 Å². The Hall–Kier alpha value is -2.94. The van der Waals surface area contributed by atoms with E-state index < -0.39 is 0 Å². The van der Waals surface area contributed by atoms with Crippen LogP contribution in [0.2, 0.25) is 0 Å². The van der Waals surface area contributed by atoms with E-state index in [-0.39, 0.29) is 0 Å². The smallest absolute Gasteiger partial charge is 0.274 e. The molecule has 1 N–H and O–H groups in total. The normalized spacial score (nSPS) is 10.3. The number of hydrogen-bond donors (Lipinski definition) is 1. The molecule has 0 saturated carbocycles. The zero-order valence-corrected chi connectivity index (χ0v) is 10.1. The predicted octanol–water partition coefficient (Wildman–Crippen LogP) is 2.31. The van der Waals surface area contributed by atoms with E-state index in [4.69, 9.17) is 9.78 Å². The average molecular weight is 251 g/mol. The lowest BCUT2D eigenvalue weighted by Gasteiger charge is -1.94. The molecule has 0 spiro atoms. The Labute approximate surface area is 108 Å². The highest BCUT2D eigenvalue weighted by Crippen LogP contribution is 2.20. The highest BCUT2D eigenvalue weighted by Gasteiger charge is 2.13.